The summed E-state index contributed by atoms with van der Waals surface area (Å²) in [5, 5.41) is 0. The average molecular weight is 255 g/mol. The lowest BCUT2D eigenvalue weighted by atomic mass is 10.1. The van der Waals surface area contributed by atoms with Crippen LogP contribution >= 0.6 is 15.9 Å². The van der Waals surface area contributed by atoms with Gasteiger partial charge in [0.1, 0.15) is 6.10 Å². The van der Waals surface area contributed by atoms with Crippen LogP contribution in [0.5, 0.6) is 0 Å². The number of fused-ring (bicyclic) bond motifs is 1. The zero-order valence-corrected chi connectivity index (χ0v) is 9.45. The summed E-state index contributed by atoms with van der Waals surface area (Å²) in [6.45, 7) is 1.45. The Kier molecular flexibility index (Phi) is 2.59. The van der Waals surface area contributed by atoms with Crippen molar-refractivity contribution in [1.82, 2.24) is 0 Å². The zero-order valence-electron chi connectivity index (χ0n) is 7.87. The summed E-state index contributed by atoms with van der Waals surface area (Å²) in [6.07, 6.45) is 0.803. The Bertz CT molecular complexity index is 362. The first-order valence-corrected chi connectivity index (χ1v) is 5.49. The molecule has 1 aliphatic rings. The van der Waals surface area contributed by atoms with Crippen molar-refractivity contribution < 1.29 is 9.53 Å². The van der Waals surface area contributed by atoms with Crippen molar-refractivity contribution >= 4 is 21.9 Å². The van der Waals surface area contributed by atoms with Gasteiger partial charge in [-0.15, -0.1) is 0 Å². The Hall–Kier alpha value is -0.830. The highest BCUT2D eigenvalue weighted by Crippen LogP contribution is 2.38. The smallest absolute Gasteiger partial charge is 0.303 e. The molecule has 0 saturated heterocycles. The standard InChI is InChI=1S/C11H11BrO2/c1-7(13)14-11-9-5-3-2-4-8(9)6-10(11)12/h2-5,10-11H,6H2,1H3/t10-,11-/m1/s1. The van der Waals surface area contributed by atoms with Crippen molar-refractivity contribution in [2.45, 2.75) is 24.3 Å². The van der Waals surface area contributed by atoms with E-state index in [0.29, 0.717) is 0 Å². The van der Waals surface area contributed by atoms with Crippen LogP contribution in [0.15, 0.2) is 24.3 Å². The van der Waals surface area contributed by atoms with Gasteiger partial charge in [-0.3, -0.25) is 4.79 Å². The van der Waals surface area contributed by atoms with Gasteiger partial charge in [-0.2, -0.15) is 0 Å². The molecule has 0 aliphatic heterocycles. The molecule has 2 atom stereocenters. The molecule has 1 aliphatic carbocycles. The number of hydrogen-bond acceptors (Lipinski definition) is 2. The van der Waals surface area contributed by atoms with Gasteiger partial charge in [0, 0.05) is 6.92 Å². The van der Waals surface area contributed by atoms with Crippen LogP contribution in [0.25, 0.3) is 0 Å². The lowest BCUT2D eigenvalue weighted by Crippen LogP contribution is -2.13. The van der Waals surface area contributed by atoms with E-state index in [-0.39, 0.29) is 16.9 Å². The molecule has 0 unspecified atom stereocenters. The molecule has 2 rings (SSSR count). The third kappa shape index (κ3) is 1.69. The van der Waals surface area contributed by atoms with E-state index in [9.17, 15) is 4.79 Å². The Labute approximate surface area is 91.4 Å². The number of rotatable bonds is 1. The fourth-order valence-corrected chi connectivity index (χ4v) is 2.57. The lowest BCUT2D eigenvalue weighted by molar-refractivity contribution is -0.146. The summed E-state index contributed by atoms with van der Waals surface area (Å²) in [6, 6.07) is 8.08. The van der Waals surface area contributed by atoms with Gasteiger partial charge in [0.25, 0.3) is 0 Å². The van der Waals surface area contributed by atoms with Crippen molar-refractivity contribution in [3.05, 3.63) is 35.4 Å². The van der Waals surface area contributed by atoms with Crippen molar-refractivity contribution in [1.29, 1.82) is 0 Å². The summed E-state index contributed by atoms with van der Waals surface area (Å²) < 4.78 is 5.26. The van der Waals surface area contributed by atoms with Gasteiger partial charge in [-0.25, -0.2) is 0 Å². The van der Waals surface area contributed by atoms with Gasteiger partial charge in [-0.05, 0) is 17.5 Å². The van der Waals surface area contributed by atoms with Gasteiger partial charge >= 0.3 is 5.97 Å². The molecule has 0 bridgehead atoms. The summed E-state index contributed by atoms with van der Waals surface area (Å²) in [7, 11) is 0. The third-order valence-electron chi connectivity index (χ3n) is 2.40. The van der Waals surface area contributed by atoms with Gasteiger partial charge in [0.2, 0.25) is 0 Å². The first-order valence-electron chi connectivity index (χ1n) is 4.57. The summed E-state index contributed by atoms with van der Waals surface area (Å²) in [5.74, 6) is -0.226. The van der Waals surface area contributed by atoms with Gasteiger partial charge in [0.15, 0.2) is 0 Å². The number of alkyl halides is 1. The zero-order chi connectivity index (χ0) is 10.1. The summed E-state index contributed by atoms with van der Waals surface area (Å²) >= 11 is 3.54. The molecule has 0 radical (unpaired) electrons. The van der Waals surface area contributed by atoms with Crippen LogP contribution in [0, 0.1) is 0 Å². The van der Waals surface area contributed by atoms with E-state index in [4.69, 9.17) is 4.74 Å². The van der Waals surface area contributed by atoms with Crippen LogP contribution in [-0.4, -0.2) is 10.8 Å². The maximum atomic E-state index is 10.9. The highest BCUT2D eigenvalue weighted by atomic mass is 79.9. The number of benzene rings is 1. The molecular formula is C11H11BrO2. The molecule has 0 fully saturated rings. The molecule has 2 nitrogen and oxygen atoms in total. The fourth-order valence-electron chi connectivity index (χ4n) is 1.83. The maximum absolute atomic E-state index is 10.9. The normalized spacial score (nSPS) is 24.4. The van der Waals surface area contributed by atoms with E-state index in [0.717, 1.165) is 12.0 Å². The quantitative estimate of drug-likeness (QED) is 0.569. The SMILES string of the molecule is CC(=O)O[C@@H]1c2ccccc2C[C@H]1Br. The minimum atomic E-state index is -0.226. The van der Waals surface area contributed by atoms with Gasteiger partial charge in [-0.1, -0.05) is 40.2 Å². The molecule has 74 valence electrons. The largest absolute Gasteiger partial charge is 0.456 e. The first kappa shape index (κ1) is 9.71. The number of hydrogen-bond donors (Lipinski definition) is 0. The Morgan fingerprint density at radius 1 is 1.50 bits per heavy atom. The number of ether oxygens (including phenoxy) is 1. The molecule has 1 aromatic carbocycles. The molecule has 0 aromatic heterocycles. The fraction of sp³-hybridized carbons (Fsp3) is 0.364. The Morgan fingerprint density at radius 2 is 2.21 bits per heavy atom. The molecule has 0 saturated carbocycles. The molecule has 3 heteroatoms. The maximum Gasteiger partial charge on any atom is 0.303 e. The molecule has 0 spiro atoms. The molecule has 0 heterocycles. The average Bonchev–Trinajstić information content (AvgIpc) is 2.43. The lowest BCUT2D eigenvalue weighted by Gasteiger charge is -2.15. The van der Waals surface area contributed by atoms with Gasteiger partial charge in [0.05, 0.1) is 4.83 Å². The monoisotopic (exact) mass is 254 g/mol. The minimum Gasteiger partial charge on any atom is -0.456 e. The molecule has 14 heavy (non-hydrogen) atoms. The Morgan fingerprint density at radius 3 is 2.93 bits per heavy atom. The van der Waals surface area contributed by atoms with Crippen molar-refractivity contribution in [3.63, 3.8) is 0 Å². The second kappa shape index (κ2) is 3.73. The third-order valence-corrected chi connectivity index (χ3v) is 3.20. The molecule has 0 N–H and O–H groups in total. The summed E-state index contributed by atoms with van der Waals surface area (Å²) in [4.78, 5) is 11.1. The van der Waals surface area contributed by atoms with Crippen LogP contribution < -0.4 is 0 Å². The van der Waals surface area contributed by atoms with Crippen molar-refractivity contribution in [2.75, 3.05) is 0 Å². The summed E-state index contributed by atoms with van der Waals surface area (Å²) in [5.41, 5.74) is 2.39. The van der Waals surface area contributed by atoms with E-state index in [2.05, 4.69) is 22.0 Å². The van der Waals surface area contributed by atoms with E-state index >= 15 is 0 Å². The number of esters is 1. The molecule has 0 amide bonds. The van der Waals surface area contributed by atoms with Crippen LogP contribution in [-0.2, 0) is 16.0 Å². The van der Waals surface area contributed by atoms with E-state index in [1.807, 2.05) is 18.2 Å². The number of carbonyl (C=O) groups excluding carboxylic acids is 1. The molecule has 1 aromatic rings. The second-order valence-corrected chi connectivity index (χ2v) is 4.63. The number of halogens is 1. The van der Waals surface area contributed by atoms with Crippen molar-refractivity contribution in [3.8, 4) is 0 Å². The molecular weight excluding hydrogens is 244 g/mol. The van der Waals surface area contributed by atoms with E-state index < -0.39 is 0 Å². The van der Waals surface area contributed by atoms with Crippen LogP contribution in [0.3, 0.4) is 0 Å². The first-order chi connectivity index (χ1) is 6.68. The van der Waals surface area contributed by atoms with E-state index in [1.54, 1.807) is 0 Å². The van der Waals surface area contributed by atoms with Crippen molar-refractivity contribution in [2.24, 2.45) is 0 Å². The highest BCUT2D eigenvalue weighted by Gasteiger charge is 2.32. The minimum absolute atomic E-state index is 0.122. The highest BCUT2D eigenvalue weighted by molar-refractivity contribution is 9.09. The number of carbonyl (C=O) groups is 1. The topological polar surface area (TPSA) is 26.3 Å². The van der Waals surface area contributed by atoms with Crippen LogP contribution in [0.4, 0.5) is 0 Å². The second-order valence-electron chi connectivity index (χ2n) is 3.45. The van der Waals surface area contributed by atoms with Crippen LogP contribution in [0.2, 0.25) is 0 Å². The van der Waals surface area contributed by atoms with Crippen LogP contribution in [0.1, 0.15) is 24.2 Å². The predicted octanol–water partition coefficient (Wildman–Crippen LogP) is 2.61. The van der Waals surface area contributed by atoms with E-state index in [1.165, 1.54) is 12.5 Å². The van der Waals surface area contributed by atoms with Gasteiger partial charge < -0.3 is 4.74 Å². The predicted molar refractivity (Wildman–Crippen MR) is 57.4 cm³/mol. The Balaban J connectivity index is 2.30.